The molecule has 0 spiro atoms. The Morgan fingerprint density at radius 1 is 1.16 bits per heavy atom. The predicted molar refractivity (Wildman–Crippen MR) is 95.6 cm³/mol. The van der Waals surface area contributed by atoms with Gasteiger partial charge in [0.15, 0.2) is 6.61 Å². The van der Waals surface area contributed by atoms with Gasteiger partial charge in [0.1, 0.15) is 5.75 Å². The Bertz CT molecular complexity index is 627. The number of rotatable bonds is 0. The summed E-state index contributed by atoms with van der Waals surface area (Å²) in [5.41, 5.74) is 7.54. The number of carbonyl (C=O) groups is 1. The second-order valence-electron chi connectivity index (χ2n) is 7.75. The van der Waals surface area contributed by atoms with Gasteiger partial charge in [-0.3, -0.25) is 4.79 Å². The summed E-state index contributed by atoms with van der Waals surface area (Å²) in [4.78, 5) is 14.7. The number of ether oxygens (including phenoxy) is 2. The zero-order valence-corrected chi connectivity index (χ0v) is 14.9. The molecule has 25 heavy (non-hydrogen) atoms. The van der Waals surface area contributed by atoms with E-state index < -0.39 is 0 Å². The lowest BCUT2D eigenvalue weighted by Crippen LogP contribution is -2.49. The first-order valence-corrected chi connectivity index (χ1v) is 9.53. The van der Waals surface area contributed by atoms with Crippen molar-refractivity contribution in [1.82, 2.24) is 4.90 Å². The number of fused-ring (bicyclic) bond motifs is 5. The van der Waals surface area contributed by atoms with Crippen LogP contribution < -0.4 is 10.5 Å². The molecule has 2 bridgehead atoms. The van der Waals surface area contributed by atoms with Gasteiger partial charge in [-0.15, -0.1) is 0 Å². The summed E-state index contributed by atoms with van der Waals surface area (Å²) in [6, 6.07) is 8.24. The van der Waals surface area contributed by atoms with Crippen LogP contribution in [-0.4, -0.2) is 48.3 Å². The first kappa shape index (κ1) is 16.9. The highest BCUT2D eigenvalue weighted by atomic mass is 16.5. The Morgan fingerprint density at radius 3 is 2.72 bits per heavy atom. The number of nitrogens with two attached hydrogens (primary N) is 1. The molecule has 1 saturated carbocycles. The topological polar surface area (TPSA) is 64.8 Å². The number of nitrogens with zero attached hydrogens (tertiary/aromatic N) is 1. The molecule has 3 aliphatic heterocycles. The monoisotopic (exact) mass is 344 g/mol. The fraction of sp³-hybridized carbons (Fsp3) is 0.650. The second-order valence-corrected chi connectivity index (χ2v) is 7.75. The normalized spacial score (nSPS) is 35.8. The Hall–Kier alpha value is -1.59. The van der Waals surface area contributed by atoms with E-state index >= 15 is 0 Å². The molecule has 1 aromatic carbocycles. The Balaban J connectivity index is 1.63. The quantitative estimate of drug-likeness (QED) is 0.785. The number of para-hydroxylation sites is 1. The molecule has 5 rings (SSSR count). The van der Waals surface area contributed by atoms with Crippen LogP contribution in [0.15, 0.2) is 24.3 Å². The Morgan fingerprint density at radius 2 is 1.92 bits per heavy atom. The van der Waals surface area contributed by atoms with Crippen molar-refractivity contribution in [2.45, 2.75) is 69.2 Å². The molecule has 1 amide bonds. The fourth-order valence-corrected chi connectivity index (χ4v) is 4.77. The van der Waals surface area contributed by atoms with Gasteiger partial charge in [-0.2, -0.15) is 0 Å². The van der Waals surface area contributed by atoms with Gasteiger partial charge in [0.05, 0.1) is 18.8 Å². The van der Waals surface area contributed by atoms with E-state index in [2.05, 4.69) is 19.1 Å². The molecular formula is C20H28N2O3. The highest BCUT2D eigenvalue weighted by Crippen LogP contribution is 2.39. The van der Waals surface area contributed by atoms with Crippen molar-refractivity contribution >= 4 is 5.91 Å². The minimum atomic E-state index is -0.0418. The van der Waals surface area contributed by atoms with Crippen molar-refractivity contribution in [3.63, 3.8) is 0 Å². The molecule has 2 N–H and O–H groups in total. The molecule has 0 aromatic heterocycles. The highest BCUT2D eigenvalue weighted by Gasteiger charge is 2.41. The van der Waals surface area contributed by atoms with Crippen LogP contribution in [0.5, 0.6) is 5.75 Å². The van der Waals surface area contributed by atoms with E-state index in [1.807, 2.05) is 17.0 Å². The van der Waals surface area contributed by atoms with E-state index in [0.717, 1.165) is 37.9 Å². The highest BCUT2D eigenvalue weighted by molar-refractivity contribution is 5.79. The molecule has 0 radical (unpaired) electrons. The minimum Gasteiger partial charge on any atom is -0.483 e. The molecule has 1 saturated heterocycles. The number of amides is 1. The second kappa shape index (κ2) is 6.96. The third-order valence-corrected chi connectivity index (χ3v) is 6.11. The Kier molecular flexibility index (Phi) is 4.69. The molecule has 0 unspecified atom stereocenters. The van der Waals surface area contributed by atoms with Crippen molar-refractivity contribution in [3.05, 3.63) is 29.8 Å². The molecule has 4 aliphatic rings. The molecular weight excluding hydrogens is 316 g/mol. The first-order valence-electron chi connectivity index (χ1n) is 9.53. The predicted octanol–water partition coefficient (Wildman–Crippen LogP) is 2.44. The maximum absolute atomic E-state index is 12.8. The lowest BCUT2D eigenvalue weighted by molar-refractivity contribution is -0.138. The number of hydrogen-bond acceptors (Lipinski definition) is 4. The lowest BCUT2D eigenvalue weighted by atomic mass is 9.82. The van der Waals surface area contributed by atoms with E-state index in [0.29, 0.717) is 12.5 Å². The fourth-order valence-electron chi connectivity index (χ4n) is 4.77. The molecule has 3 atom stereocenters. The maximum Gasteiger partial charge on any atom is 0.261 e. The van der Waals surface area contributed by atoms with Crippen molar-refractivity contribution < 1.29 is 14.3 Å². The van der Waals surface area contributed by atoms with Crippen molar-refractivity contribution in [2.75, 3.05) is 13.2 Å². The van der Waals surface area contributed by atoms with Crippen LogP contribution >= 0.6 is 0 Å². The summed E-state index contributed by atoms with van der Waals surface area (Å²) in [7, 11) is 0. The average molecular weight is 344 g/mol. The van der Waals surface area contributed by atoms with Crippen LogP contribution in [-0.2, 0) is 9.53 Å². The summed E-state index contributed by atoms with van der Waals surface area (Å²) in [6.07, 6.45) is 5.44. The van der Waals surface area contributed by atoms with Gasteiger partial charge in [0.2, 0.25) is 0 Å². The molecule has 1 aliphatic carbocycles. The van der Waals surface area contributed by atoms with Gasteiger partial charge < -0.3 is 20.1 Å². The van der Waals surface area contributed by atoms with Gasteiger partial charge in [0.25, 0.3) is 5.91 Å². The number of benzene rings is 1. The van der Waals surface area contributed by atoms with Crippen LogP contribution in [0.3, 0.4) is 0 Å². The van der Waals surface area contributed by atoms with Gasteiger partial charge in [0, 0.05) is 12.1 Å². The summed E-state index contributed by atoms with van der Waals surface area (Å²) in [6.45, 7) is 2.68. The Labute approximate surface area is 149 Å². The summed E-state index contributed by atoms with van der Waals surface area (Å²) in [5.74, 6) is 1.36. The van der Waals surface area contributed by atoms with E-state index in [-0.39, 0.29) is 36.7 Å². The van der Waals surface area contributed by atoms with Crippen molar-refractivity contribution in [2.24, 2.45) is 5.73 Å². The summed E-state index contributed by atoms with van der Waals surface area (Å²) < 4.78 is 12.2. The first-order chi connectivity index (χ1) is 12.1. The number of hydrogen-bond donors (Lipinski definition) is 1. The SMILES string of the molecule is C[C@@H]1C[C@H](N)[C@@H]2COC3CCC(CC3)c3ccccc3OCC(=O)N12. The zero-order chi connectivity index (χ0) is 17.4. The van der Waals surface area contributed by atoms with Crippen LogP contribution in [0, 0.1) is 0 Å². The van der Waals surface area contributed by atoms with Crippen LogP contribution in [0.4, 0.5) is 0 Å². The molecule has 5 heteroatoms. The molecule has 5 nitrogen and oxygen atoms in total. The zero-order valence-electron chi connectivity index (χ0n) is 14.9. The molecule has 136 valence electrons. The van der Waals surface area contributed by atoms with Crippen molar-refractivity contribution in [1.29, 1.82) is 0 Å². The molecule has 3 heterocycles. The van der Waals surface area contributed by atoms with Gasteiger partial charge in [-0.05, 0) is 56.6 Å². The summed E-state index contributed by atoms with van der Waals surface area (Å²) in [5, 5.41) is 0. The standard InChI is InChI=1S/C20H28N2O3/c1-13-10-17(21)18-11-24-15-8-6-14(7-9-15)16-4-2-3-5-19(16)25-12-20(23)22(13)18/h2-5,13-15,17-18H,6-12,21H2,1H3/t13-,14?,15?,17+,18+/m1/s1. The third kappa shape index (κ3) is 3.27. The minimum absolute atomic E-state index is 0.00967. The van der Waals surface area contributed by atoms with Crippen LogP contribution in [0.2, 0.25) is 0 Å². The van der Waals surface area contributed by atoms with E-state index in [1.165, 1.54) is 5.56 Å². The van der Waals surface area contributed by atoms with E-state index in [9.17, 15) is 4.79 Å². The third-order valence-electron chi connectivity index (χ3n) is 6.11. The van der Waals surface area contributed by atoms with Gasteiger partial charge >= 0.3 is 0 Å². The lowest BCUT2D eigenvalue weighted by Gasteiger charge is -2.32. The number of carbonyl (C=O) groups excluding carboxylic acids is 1. The smallest absolute Gasteiger partial charge is 0.261 e. The van der Waals surface area contributed by atoms with Gasteiger partial charge in [-0.1, -0.05) is 18.2 Å². The largest absolute Gasteiger partial charge is 0.483 e. The summed E-state index contributed by atoms with van der Waals surface area (Å²) >= 11 is 0. The molecule has 2 fully saturated rings. The van der Waals surface area contributed by atoms with Crippen LogP contribution in [0.1, 0.15) is 50.5 Å². The van der Waals surface area contributed by atoms with E-state index in [1.54, 1.807) is 0 Å². The van der Waals surface area contributed by atoms with Crippen LogP contribution in [0.25, 0.3) is 0 Å². The maximum atomic E-state index is 12.8. The van der Waals surface area contributed by atoms with Crippen molar-refractivity contribution in [3.8, 4) is 5.75 Å². The van der Waals surface area contributed by atoms with Gasteiger partial charge in [-0.25, -0.2) is 0 Å². The van der Waals surface area contributed by atoms with E-state index in [4.69, 9.17) is 15.2 Å². The molecule has 1 aromatic rings. The average Bonchev–Trinajstić information content (AvgIpc) is 2.92.